The predicted molar refractivity (Wildman–Crippen MR) is 44.0 cm³/mol. The van der Waals surface area contributed by atoms with Crippen molar-refractivity contribution in [2.24, 2.45) is 21.5 Å². The van der Waals surface area contributed by atoms with Gasteiger partial charge in [-0.25, -0.2) is 0 Å². The lowest BCUT2D eigenvalue weighted by Crippen LogP contribution is -2.16. The van der Waals surface area contributed by atoms with Gasteiger partial charge in [-0.2, -0.15) is 0 Å². The normalized spacial score (nSPS) is 14.4. The molecule has 0 atom stereocenters. The molecule has 0 unspecified atom stereocenters. The van der Waals surface area contributed by atoms with Crippen molar-refractivity contribution >= 4 is 12.6 Å². The van der Waals surface area contributed by atoms with Gasteiger partial charge in [0.05, 0.1) is 0 Å². The van der Waals surface area contributed by atoms with Crippen LogP contribution < -0.4 is 11.5 Å². The van der Waals surface area contributed by atoms with Gasteiger partial charge in [0.1, 0.15) is 11.5 Å². The Kier molecular flexibility index (Phi) is 3.17. The third kappa shape index (κ3) is 1.89. The van der Waals surface area contributed by atoms with Crippen molar-refractivity contribution in [2.45, 2.75) is 6.92 Å². The van der Waals surface area contributed by atoms with Crippen LogP contribution in [0.2, 0.25) is 0 Å². The van der Waals surface area contributed by atoms with Crippen molar-refractivity contribution < 1.29 is 0 Å². The molecule has 0 saturated heterocycles. The zero-order valence-electron chi connectivity index (χ0n) is 6.26. The number of amidine groups is 1. The van der Waals surface area contributed by atoms with Crippen LogP contribution >= 0.6 is 0 Å². The predicted octanol–water partition coefficient (Wildman–Crippen LogP) is -0.136. The van der Waals surface area contributed by atoms with Gasteiger partial charge in [0, 0.05) is 12.7 Å². The van der Waals surface area contributed by atoms with E-state index in [4.69, 9.17) is 11.5 Å². The number of hydrogen-bond acceptors (Lipinski definition) is 3. The largest absolute Gasteiger partial charge is 0.400 e. The molecule has 0 saturated carbocycles. The Labute approximate surface area is 60.3 Å². The van der Waals surface area contributed by atoms with E-state index in [0.29, 0.717) is 17.2 Å². The van der Waals surface area contributed by atoms with E-state index in [1.54, 1.807) is 14.0 Å². The van der Waals surface area contributed by atoms with Gasteiger partial charge >= 0.3 is 0 Å². The van der Waals surface area contributed by atoms with E-state index in [0.717, 1.165) is 0 Å². The molecule has 0 rings (SSSR count). The van der Waals surface area contributed by atoms with Crippen LogP contribution in [0.5, 0.6) is 0 Å². The molecule has 10 heavy (non-hydrogen) atoms. The van der Waals surface area contributed by atoms with E-state index in [-0.39, 0.29) is 0 Å². The van der Waals surface area contributed by atoms with E-state index in [9.17, 15) is 0 Å². The molecular formula is C6H12N4. The minimum atomic E-state index is 0.315. The third-order valence-corrected chi connectivity index (χ3v) is 1.02. The highest BCUT2D eigenvalue weighted by atomic mass is 14.9. The van der Waals surface area contributed by atoms with Crippen molar-refractivity contribution in [3.05, 3.63) is 11.4 Å². The number of allylic oxidation sites excluding steroid dienone is 1. The molecule has 0 aliphatic carbocycles. The Balaban J connectivity index is 4.71. The molecule has 0 bridgehead atoms. The summed E-state index contributed by atoms with van der Waals surface area (Å²) in [6, 6.07) is 0. The van der Waals surface area contributed by atoms with Gasteiger partial charge in [-0.05, 0) is 13.6 Å². The summed E-state index contributed by atoms with van der Waals surface area (Å²) in [5, 5.41) is 0. The molecule has 4 N–H and O–H groups in total. The molecule has 56 valence electrons. The fourth-order valence-corrected chi connectivity index (χ4v) is 0.514. The monoisotopic (exact) mass is 140 g/mol. The van der Waals surface area contributed by atoms with Gasteiger partial charge in [0.2, 0.25) is 0 Å². The average Bonchev–Trinajstić information content (AvgIpc) is 1.88. The maximum atomic E-state index is 5.41. The molecule has 0 aliphatic heterocycles. The summed E-state index contributed by atoms with van der Waals surface area (Å²) < 4.78 is 0. The van der Waals surface area contributed by atoms with Crippen molar-refractivity contribution in [1.29, 1.82) is 0 Å². The second-order valence-electron chi connectivity index (χ2n) is 1.80. The molecule has 0 spiro atoms. The quantitative estimate of drug-likeness (QED) is 0.414. The van der Waals surface area contributed by atoms with E-state index >= 15 is 0 Å². The summed E-state index contributed by atoms with van der Waals surface area (Å²) >= 11 is 0. The zero-order chi connectivity index (χ0) is 8.15. The molecule has 0 aliphatic rings. The van der Waals surface area contributed by atoms with Crippen LogP contribution in [0.4, 0.5) is 0 Å². The first-order valence-corrected chi connectivity index (χ1v) is 2.79. The highest BCUT2D eigenvalue weighted by Gasteiger charge is 1.99. The van der Waals surface area contributed by atoms with Crippen LogP contribution in [0.15, 0.2) is 21.4 Å². The van der Waals surface area contributed by atoms with Gasteiger partial charge in [0.25, 0.3) is 0 Å². The van der Waals surface area contributed by atoms with Crippen LogP contribution in [0, 0.1) is 0 Å². The second kappa shape index (κ2) is 3.66. The molecular weight excluding hydrogens is 128 g/mol. The minimum Gasteiger partial charge on any atom is -0.400 e. The lowest BCUT2D eigenvalue weighted by molar-refractivity contribution is 1.21. The molecule has 0 aromatic heterocycles. The maximum absolute atomic E-state index is 5.41. The lowest BCUT2D eigenvalue weighted by Gasteiger charge is -2.00. The number of nitrogens with two attached hydrogens (primary N) is 2. The second-order valence-corrected chi connectivity index (χ2v) is 1.80. The first kappa shape index (κ1) is 8.68. The Bertz CT molecular complexity index is 186. The Morgan fingerprint density at radius 1 is 1.40 bits per heavy atom. The summed E-state index contributed by atoms with van der Waals surface area (Å²) in [5.74, 6) is 0.315. The highest BCUT2D eigenvalue weighted by molar-refractivity contribution is 5.97. The first-order valence-electron chi connectivity index (χ1n) is 2.79. The molecule has 0 radical (unpaired) electrons. The third-order valence-electron chi connectivity index (χ3n) is 1.02. The minimum absolute atomic E-state index is 0.315. The topological polar surface area (TPSA) is 76.8 Å². The molecule has 0 heterocycles. The fraction of sp³-hybridized carbons (Fsp3) is 0.333. The van der Waals surface area contributed by atoms with Crippen molar-refractivity contribution in [3.63, 3.8) is 0 Å². The summed E-state index contributed by atoms with van der Waals surface area (Å²) in [6.45, 7) is 5.00. The van der Waals surface area contributed by atoms with Gasteiger partial charge < -0.3 is 11.5 Å². The summed E-state index contributed by atoms with van der Waals surface area (Å²) in [4.78, 5) is 7.31. The lowest BCUT2D eigenvalue weighted by atomic mass is 10.3. The Hall–Kier alpha value is -1.32. The number of aliphatic imine (C=N–C) groups is 2. The summed E-state index contributed by atoms with van der Waals surface area (Å²) in [7, 11) is 1.57. The van der Waals surface area contributed by atoms with Gasteiger partial charge in [-0.3, -0.25) is 9.98 Å². The highest BCUT2D eigenvalue weighted by Crippen LogP contribution is 1.98. The maximum Gasteiger partial charge on any atom is 0.146 e. The molecule has 4 nitrogen and oxygen atoms in total. The average molecular weight is 140 g/mol. The van der Waals surface area contributed by atoms with Crippen LogP contribution in [0.3, 0.4) is 0 Å². The number of hydrogen-bond donors (Lipinski definition) is 2. The van der Waals surface area contributed by atoms with Crippen LogP contribution in [-0.2, 0) is 0 Å². The van der Waals surface area contributed by atoms with Crippen molar-refractivity contribution in [2.75, 3.05) is 7.05 Å². The van der Waals surface area contributed by atoms with Gasteiger partial charge in [-0.1, -0.05) is 0 Å². The van der Waals surface area contributed by atoms with Crippen LogP contribution in [0.25, 0.3) is 0 Å². The van der Waals surface area contributed by atoms with E-state index in [1.165, 1.54) is 0 Å². The standard InChI is InChI=1S/C6H12N4/c1-4(7)5(9-2)6(8)10-3/h2,7H2,1,3H3,(H2,8,10)/b5-4-. The van der Waals surface area contributed by atoms with Gasteiger partial charge in [-0.15, -0.1) is 0 Å². The van der Waals surface area contributed by atoms with Gasteiger partial charge in [0.15, 0.2) is 0 Å². The SMILES string of the molecule is C=N/C(C(N)=NC)=C(/C)N. The molecule has 4 heteroatoms. The zero-order valence-corrected chi connectivity index (χ0v) is 6.26. The van der Waals surface area contributed by atoms with E-state index in [2.05, 4.69) is 16.7 Å². The summed E-state index contributed by atoms with van der Waals surface area (Å²) in [6.07, 6.45) is 0. The Morgan fingerprint density at radius 2 is 1.90 bits per heavy atom. The molecule has 0 aromatic carbocycles. The number of nitrogens with zero attached hydrogens (tertiary/aromatic N) is 2. The van der Waals surface area contributed by atoms with Crippen LogP contribution in [-0.4, -0.2) is 19.6 Å². The Morgan fingerprint density at radius 3 is 2.00 bits per heavy atom. The van der Waals surface area contributed by atoms with E-state index < -0.39 is 0 Å². The smallest absolute Gasteiger partial charge is 0.146 e. The van der Waals surface area contributed by atoms with E-state index in [1.807, 2.05) is 0 Å². The van der Waals surface area contributed by atoms with Crippen LogP contribution in [0.1, 0.15) is 6.92 Å². The molecule has 0 aromatic rings. The summed E-state index contributed by atoms with van der Waals surface area (Å²) in [5.41, 5.74) is 11.8. The first-order chi connectivity index (χ1) is 4.63. The number of rotatable bonds is 2. The molecule has 0 amide bonds. The van der Waals surface area contributed by atoms with Crippen molar-refractivity contribution in [1.82, 2.24) is 0 Å². The molecule has 0 fully saturated rings. The van der Waals surface area contributed by atoms with Crippen molar-refractivity contribution in [3.8, 4) is 0 Å². The fourth-order valence-electron chi connectivity index (χ4n) is 0.514.